The highest BCUT2D eigenvalue weighted by Gasteiger charge is 2.29. The van der Waals surface area contributed by atoms with Crippen LogP contribution in [0.5, 0.6) is 5.75 Å². The van der Waals surface area contributed by atoms with E-state index in [-0.39, 0.29) is 4.90 Å². The summed E-state index contributed by atoms with van der Waals surface area (Å²) < 4.78 is 33.0. The molecule has 1 aliphatic rings. The molecule has 1 fully saturated rings. The summed E-state index contributed by atoms with van der Waals surface area (Å²) in [6.07, 6.45) is 0. The molecule has 0 aliphatic carbocycles. The highest BCUT2D eigenvalue weighted by Crippen LogP contribution is 2.30. The molecule has 1 saturated heterocycles. The summed E-state index contributed by atoms with van der Waals surface area (Å²) in [5.74, 6) is 0.397. The lowest BCUT2D eigenvalue weighted by Gasteiger charge is -2.36. The SMILES string of the molecule is CCOc1cc(S(=O)(=O)N2CCN(c3cccc(C)c3C)CC2)ccc1Cl. The molecule has 0 amide bonds. The third-order valence-corrected chi connectivity index (χ3v) is 7.20. The Morgan fingerprint density at radius 2 is 1.78 bits per heavy atom. The molecule has 0 unspecified atom stereocenters. The minimum atomic E-state index is -3.58. The molecule has 0 spiro atoms. The Morgan fingerprint density at radius 1 is 1.07 bits per heavy atom. The second-order valence-corrected chi connectivity index (χ2v) is 8.98. The van der Waals surface area contributed by atoms with E-state index in [9.17, 15) is 8.42 Å². The van der Waals surface area contributed by atoms with Gasteiger partial charge in [-0.1, -0.05) is 23.7 Å². The molecular formula is C20H25ClN2O3S. The van der Waals surface area contributed by atoms with Crippen LogP contribution in [0, 0.1) is 13.8 Å². The van der Waals surface area contributed by atoms with Crippen molar-refractivity contribution in [2.75, 3.05) is 37.7 Å². The number of aryl methyl sites for hydroxylation is 1. The van der Waals surface area contributed by atoms with Gasteiger partial charge in [0.25, 0.3) is 0 Å². The first kappa shape index (κ1) is 20.0. The van der Waals surface area contributed by atoms with Gasteiger partial charge in [0.05, 0.1) is 16.5 Å². The molecule has 2 aromatic carbocycles. The first-order valence-corrected chi connectivity index (χ1v) is 10.9. The summed E-state index contributed by atoms with van der Waals surface area (Å²) in [6, 6.07) is 10.9. The summed E-state index contributed by atoms with van der Waals surface area (Å²) in [6.45, 7) is 8.68. The molecule has 0 saturated carbocycles. The topological polar surface area (TPSA) is 49.9 Å². The van der Waals surface area contributed by atoms with Crippen molar-refractivity contribution in [3.8, 4) is 5.75 Å². The Balaban J connectivity index is 1.77. The van der Waals surface area contributed by atoms with Crippen molar-refractivity contribution in [3.63, 3.8) is 0 Å². The molecule has 0 aromatic heterocycles. The summed E-state index contributed by atoms with van der Waals surface area (Å²) in [5, 5.41) is 0.413. The fourth-order valence-corrected chi connectivity index (χ4v) is 4.92. The van der Waals surface area contributed by atoms with Gasteiger partial charge in [0.1, 0.15) is 5.75 Å². The van der Waals surface area contributed by atoms with Crippen LogP contribution in [0.15, 0.2) is 41.3 Å². The number of hydrogen-bond acceptors (Lipinski definition) is 4. The third kappa shape index (κ3) is 4.08. The summed E-state index contributed by atoms with van der Waals surface area (Å²) in [7, 11) is -3.58. The lowest BCUT2D eigenvalue weighted by atomic mass is 10.1. The van der Waals surface area contributed by atoms with Crippen LogP contribution in [0.4, 0.5) is 5.69 Å². The number of benzene rings is 2. The molecule has 0 atom stereocenters. The van der Waals surface area contributed by atoms with Crippen molar-refractivity contribution < 1.29 is 13.2 Å². The van der Waals surface area contributed by atoms with Gasteiger partial charge in [0.2, 0.25) is 10.0 Å². The zero-order valence-corrected chi connectivity index (χ0v) is 17.5. The van der Waals surface area contributed by atoms with Crippen LogP contribution in [0.1, 0.15) is 18.1 Å². The monoisotopic (exact) mass is 408 g/mol. The highest BCUT2D eigenvalue weighted by atomic mass is 35.5. The van der Waals surface area contributed by atoms with E-state index >= 15 is 0 Å². The fraction of sp³-hybridized carbons (Fsp3) is 0.400. The van der Waals surface area contributed by atoms with Crippen molar-refractivity contribution in [2.45, 2.75) is 25.7 Å². The summed E-state index contributed by atoms with van der Waals surface area (Å²) in [4.78, 5) is 2.47. The molecule has 5 nitrogen and oxygen atoms in total. The number of sulfonamides is 1. The van der Waals surface area contributed by atoms with Gasteiger partial charge in [-0.2, -0.15) is 4.31 Å². The van der Waals surface area contributed by atoms with Crippen LogP contribution in [0.25, 0.3) is 0 Å². The fourth-order valence-electron chi connectivity index (χ4n) is 3.31. The molecule has 0 radical (unpaired) electrons. The van der Waals surface area contributed by atoms with Crippen LogP contribution in [-0.2, 0) is 10.0 Å². The van der Waals surface area contributed by atoms with Crippen LogP contribution in [0.2, 0.25) is 5.02 Å². The van der Waals surface area contributed by atoms with Crippen molar-refractivity contribution in [1.29, 1.82) is 0 Å². The number of piperazine rings is 1. The molecule has 2 aromatic rings. The minimum Gasteiger partial charge on any atom is -0.492 e. The predicted octanol–water partition coefficient (Wildman–Crippen LogP) is 3.87. The van der Waals surface area contributed by atoms with Crippen LogP contribution in [-0.4, -0.2) is 45.5 Å². The highest BCUT2D eigenvalue weighted by molar-refractivity contribution is 7.89. The average molecular weight is 409 g/mol. The molecule has 1 aliphatic heterocycles. The summed E-state index contributed by atoms with van der Waals surface area (Å²) >= 11 is 6.09. The smallest absolute Gasteiger partial charge is 0.243 e. The number of ether oxygens (including phenoxy) is 1. The van der Waals surface area contributed by atoms with Gasteiger partial charge in [-0.05, 0) is 50.1 Å². The Morgan fingerprint density at radius 3 is 2.44 bits per heavy atom. The van der Waals surface area contributed by atoms with Gasteiger partial charge in [0, 0.05) is 37.9 Å². The van der Waals surface area contributed by atoms with E-state index in [0.717, 1.165) is 0 Å². The van der Waals surface area contributed by atoms with Crippen molar-refractivity contribution >= 4 is 27.3 Å². The van der Waals surface area contributed by atoms with E-state index in [1.54, 1.807) is 6.07 Å². The summed E-state index contributed by atoms with van der Waals surface area (Å²) in [5.41, 5.74) is 3.66. The maximum absolute atomic E-state index is 13.0. The maximum Gasteiger partial charge on any atom is 0.243 e. The number of nitrogens with zero attached hydrogens (tertiary/aromatic N) is 2. The average Bonchev–Trinajstić information content (AvgIpc) is 2.66. The van der Waals surface area contributed by atoms with Gasteiger partial charge < -0.3 is 9.64 Å². The standard InChI is InChI=1S/C20H25ClN2O3S/c1-4-26-20-14-17(8-9-18(20)21)27(24,25)23-12-10-22(11-13-23)19-7-5-6-15(2)16(19)3/h5-9,14H,4,10-13H2,1-3H3. The first-order valence-electron chi connectivity index (χ1n) is 9.08. The number of halogens is 1. The van der Waals surface area contributed by atoms with Gasteiger partial charge in [-0.3, -0.25) is 0 Å². The molecule has 3 rings (SSSR count). The van der Waals surface area contributed by atoms with Crippen LogP contribution < -0.4 is 9.64 Å². The number of rotatable bonds is 5. The van der Waals surface area contributed by atoms with E-state index < -0.39 is 10.0 Å². The van der Waals surface area contributed by atoms with Gasteiger partial charge in [-0.15, -0.1) is 0 Å². The van der Waals surface area contributed by atoms with Crippen LogP contribution in [0.3, 0.4) is 0 Å². The van der Waals surface area contributed by atoms with E-state index in [4.69, 9.17) is 16.3 Å². The molecule has 1 heterocycles. The van der Waals surface area contributed by atoms with E-state index in [1.807, 2.05) is 13.0 Å². The number of anilines is 1. The molecule has 0 N–H and O–H groups in total. The lowest BCUT2D eigenvalue weighted by molar-refractivity contribution is 0.339. The van der Waals surface area contributed by atoms with E-state index in [0.29, 0.717) is 43.6 Å². The Labute approximate surface area is 166 Å². The zero-order valence-electron chi connectivity index (χ0n) is 15.9. The van der Waals surface area contributed by atoms with E-state index in [1.165, 1.54) is 33.3 Å². The molecule has 7 heteroatoms. The Bertz CT molecular complexity index is 923. The third-order valence-electron chi connectivity index (χ3n) is 5.00. The van der Waals surface area contributed by atoms with Gasteiger partial charge in [-0.25, -0.2) is 8.42 Å². The largest absolute Gasteiger partial charge is 0.492 e. The Hall–Kier alpha value is -1.76. The second kappa shape index (κ2) is 8.09. The lowest BCUT2D eigenvalue weighted by Crippen LogP contribution is -2.48. The molecular weight excluding hydrogens is 384 g/mol. The molecule has 0 bridgehead atoms. The van der Waals surface area contributed by atoms with Crippen molar-refractivity contribution in [2.24, 2.45) is 0 Å². The zero-order chi connectivity index (χ0) is 19.6. The van der Waals surface area contributed by atoms with Crippen molar-refractivity contribution in [1.82, 2.24) is 4.31 Å². The van der Waals surface area contributed by atoms with Gasteiger partial charge in [0.15, 0.2) is 0 Å². The quantitative estimate of drug-likeness (QED) is 0.753. The minimum absolute atomic E-state index is 0.218. The predicted molar refractivity (Wildman–Crippen MR) is 110 cm³/mol. The second-order valence-electron chi connectivity index (χ2n) is 6.64. The molecule has 146 valence electrons. The van der Waals surface area contributed by atoms with E-state index in [2.05, 4.69) is 30.9 Å². The molecule has 27 heavy (non-hydrogen) atoms. The van der Waals surface area contributed by atoms with Gasteiger partial charge >= 0.3 is 0 Å². The maximum atomic E-state index is 13.0. The van der Waals surface area contributed by atoms with Crippen molar-refractivity contribution in [3.05, 3.63) is 52.5 Å². The first-order chi connectivity index (χ1) is 12.8. The van der Waals surface area contributed by atoms with Crippen LogP contribution >= 0.6 is 11.6 Å². The Kier molecular flexibility index (Phi) is 5.99. The number of hydrogen-bond donors (Lipinski definition) is 0. The normalized spacial score (nSPS) is 15.8.